The van der Waals surface area contributed by atoms with Crippen molar-refractivity contribution in [1.29, 1.82) is 0 Å². The number of nitrogens with one attached hydrogen (secondary N) is 2. The summed E-state index contributed by atoms with van der Waals surface area (Å²) in [6.07, 6.45) is 2.78. The number of para-hydroxylation sites is 1. The van der Waals surface area contributed by atoms with Crippen LogP contribution in [0.2, 0.25) is 0 Å². The third-order valence-electron chi connectivity index (χ3n) is 2.39. The van der Waals surface area contributed by atoms with Crippen LogP contribution in [0.4, 0.5) is 5.69 Å². The first kappa shape index (κ1) is 12.7. The summed E-state index contributed by atoms with van der Waals surface area (Å²) in [4.78, 5) is 0. The van der Waals surface area contributed by atoms with E-state index in [1.54, 1.807) is 6.08 Å². The minimum Gasteiger partial charge on any atom is -0.359 e. The van der Waals surface area contributed by atoms with E-state index in [9.17, 15) is 0 Å². The predicted molar refractivity (Wildman–Crippen MR) is 75.0 cm³/mol. The molecule has 1 aromatic carbocycles. The molecule has 0 aliphatic rings. The molecule has 2 nitrogen and oxygen atoms in total. The molecule has 0 spiro atoms. The van der Waals surface area contributed by atoms with Crippen LogP contribution >= 0.6 is 12.2 Å². The van der Waals surface area contributed by atoms with Crippen molar-refractivity contribution < 1.29 is 0 Å². The Labute approximate surface area is 103 Å². The topological polar surface area (TPSA) is 24.1 Å². The third kappa shape index (κ3) is 3.35. The molecule has 1 rings (SSSR count). The van der Waals surface area contributed by atoms with Crippen LogP contribution in [0.1, 0.15) is 18.1 Å². The van der Waals surface area contributed by atoms with Gasteiger partial charge >= 0.3 is 0 Å². The highest BCUT2D eigenvalue weighted by Gasteiger charge is 2.04. The van der Waals surface area contributed by atoms with Gasteiger partial charge in [0.05, 0.1) is 0 Å². The summed E-state index contributed by atoms with van der Waals surface area (Å²) in [6.45, 7) is 8.54. The maximum absolute atomic E-state index is 5.20. The molecule has 0 saturated carbocycles. The Morgan fingerprint density at radius 1 is 1.50 bits per heavy atom. The standard InChI is InChI=1S/C13H18N2S/c1-4-9-14-13(16)15-12-10(3)7-6-8-11(12)5-2/h4,6-8H,1,5,9H2,2-3H3,(H2,14,15,16). The van der Waals surface area contributed by atoms with Gasteiger partial charge in [0.25, 0.3) is 0 Å². The van der Waals surface area contributed by atoms with Gasteiger partial charge in [0.1, 0.15) is 0 Å². The van der Waals surface area contributed by atoms with Crippen molar-refractivity contribution in [3.8, 4) is 0 Å². The Hall–Kier alpha value is -1.35. The maximum Gasteiger partial charge on any atom is 0.171 e. The van der Waals surface area contributed by atoms with Crippen molar-refractivity contribution >= 4 is 23.0 Å². The quantitative estimate of drug-likeness (QED) is 0.618. The number of hydrogen-bond donors (Lipinski definition) is 2. The lowest BCUT2D eigenvalue weighted by Gasteiger charge is -2.15. The van der Waals surface area contributed by atoms with E-state index >= 15 is 0 Å². The summed E-state index contributed by atoms with van der Waals surface area (Å²) in [6, 6.07) is 6.27. The molecule has 16 heavy (non-hydrogen) atoms. The summed E-state index contributed by atoms with van der Waals surface area (Å²) in [5.41, 5.74) is 3.61. The molecule has 3 heteroatoms. The smallest absolute Gasteiger partial charge is 0.171 e. The minimum atomic E-state index is 0.643. The van der Waals surface area contributed by atoms with Crippen LogP contribution in [0.25, 0.3) is 0 Å². The Morgan fingerprint density at radius 3 is 2.88 bits per heavy atom. The molecule has 0 fully saturated rings. The molecule has 0 heterocycles. The normalized spacial score (nSPS) is 9.62. The summed E-state index contributed by atoms with van der Waals surface area (Å²) in [5.74, 6) is 0. The van der Waals surface area contributed by atoms with Gasteiger partial charge in [-0.05, 0) is 36.7 Å². The number of rotatable bonds is 4. The fourth-order valence-electron chi connectivity index (χ4n) is 1.52. The van der Waals surface area contributed by atoms with E-state index in [1.165, 1.54) is 11.1 Å². The molecule has 0 unspecified atom stereocenters. The molecule has 0 bridgehead atoms. The molecule has 0 aliphatic carbocycles. The number of hydrogen-bond acceptors (Lipinski definition) is 1. The second-order valence-corrected chi connectivity index (χ2v) is 3.99. The van der Waals surface area contributed by atoms with E-state index in [4.69, 9.17) is 12.2 Å². The van der Waals surface area contributed by atoms with Crippen molar-refractivity contribution in [3.05, 3.63) is 42.0 Å². The van der Waals surface area contributed by atoms with Crippen LogP contribution in [-0.2, 0) is 6.42 Å². The van der Waals surface area contributed by atoms with Gasteiger partial charge in [-0.25, -0.2) is 0 Å². The van der Waals surface area contributed by atoms with Gasteiger partial charge in [0, 0.05) is 12.2 Å². The Balaban J connectivity index is 2.79. The van der Waals surface area contributed by atoms with Gasteiger partial charge in [0.15, 0.2) is 5.11 Å². The lowest BCUT2D eigenvalue weighted by atomic mass is 10.1. The van der Waals surface area contributed by atoms with E-state index in [1.807, 2.05) is 0 Å². The van der Waals surface area contributed by atoms with Crippen LogP contribution in [0.3, 0.4) is 0 Å². The molecule has 0 aliphatic heterocycles. The predicted octanol–water partition coefficient (Wildman–Crippen LogP) is 3.03. The van der Waals surface area contributed by atoms with Gasteiger partial charge in [0.2, 0.25) is 0 Å². The molecule has 86 valence electrons. The van der Waals surface area contributed by atoms with Gasteiger partial charge in [-0.2, -0.15) is 0 Å². The first-order valence-corrected chi connectivity index (χ1v) is 5.84. The zero-order chi connectivity index (χ0) is 12.0. The zero-order valence-electron chi connectivity index (χ0n) is 9.84. The second-order valence-electron chi connectivity index (χ2n) is 3.59. The zero-order valence-corrected chi connectivity index (χ0v) is 10.7. The number of benzene rings is 1. The van der Waals surface area contributed by atoms with E-state index < -0.39 is 0 Å². The van der Waals surface area contributed by atoms with Crippen LogP contribution in [0.5, 0.6) is 0 Å². The number of aryl methyl sites for hydroxylation is 2. The van der Waals surface area contributed by atoms with E-state index in [-0.39, 0.29) is 0 Å². The molecule has 0 radical (unpaired) electrons. The Morgan fingerprint density at radius 2 is 2.25 bits per heavy atom. The summed E-state index contributed by atoms with van der Waals surface area (Å²) < 4.78 is 0. The SMILES string of the molecule is C=CCNC(=S)Nc1c(C)cccc1CC. The van der Waals surface area contributed by atoms with Gasteiger partial charge in [-0.15, -0.1) is 6.58 Å². The first-order valence-electron chi connectivity index (χ1n) is 5.43. The van der Waals surface area contributed by atoms with Crippen LogP contribution in [0, 0.1) is 6.92 Å². The maximum atomic E-state index is 5.20. The summed E-state index contributed by atoms with van der Waals surface area (Å²) >= 11 is 5.20. The fourth-order valence-corrected chi connectivity index (χ4v) is 1.71. The highest BCUT2D eigenvalue weighted by Crippen LogP contribution is 2.20. The molecular formula is C13H18N2S. The molecule has 0 aromatic heterocycles. The lowest BCUT2D eigenvalue weighted by molar-refractivity contribution is 1.06. The summed E-state index contributed by atoms with van der Waals surface area (Å²) in [5, 5.41) is 6.94. The number of anilines is 1. The van der Waals surface area contributed by atoms with E-state index in [0.717, 1.165) is 12.1 Å². The van der Waals surface area contributed by atoms with Crippen LogP contribution < -0.4 is 10.6 Å². The first-order chi connectivity index (χ1) is 7.69. The van der Waals surface area contributed by atoms with E-state index in [0.29, 0.717) is 11.7 Å². The second kappa shape index (κ2) is 6.28. The minimum absolute atomic E-state index is 0.643. The van der Waals surface area contributed by atoms with Crippen molar-refractivity contribution in [1.82, 2.24) is 5.32 Å². The third-order valence-corrected chi connectivity index (χ3v) is 2.63. The highest BCUT2D eigenvalue weighted by atomic mass is 32.1. The monoisotopic (exact) mass is 234 g/mol. The van der Waals surface area contributed by atoms with Gasteiger partial charge in [-0.3, -0.25) is 0 Å². The molecule has 1 aromatic rings. The van der Waals surface area contributed by atoms with Crippen molar-refractivity contribution in [2.75, 3.05) is 11.9 Å². The van der Waals surface area contributed by atoms with Gasteiger partial charge < -0.3 is 10.6 Å². The van der Waals surface area contributed by atoms with Gasteiger partial charge in [-0.1, -0.05) is 31.2 Å². The molecule has 0 atom stereocenters. The summed E-state index contributed by atoms with van der Waals surface area (Å²) in [7, 11) is 0. The van der Waals surface area contributed by atoms with Crippen molar-refractivity contribution in [2.45, 2.75) is 20.3 Å². The largest absolute Gasteiger partial charge is 0.359 e. The van der Waals surface area contributed by atoms with Crippen molar-refractivity contribution in [3.63, 3.8) is 0 Å². The van der Waals surface area contributed by atoms with Crippen LogP contribution in [0.15, 0.2) is 30.9 Å². The highest BCUT2D eigenvalue weighted by molar-refractivity contribution is 7.80. The lowest BCUT2D eigenvalue weighted by Crippen LogP contribution is -2.29. The average molecular weight is 234 g/mol. The van der Waals surface area contributed by atoms with Crippen LogP contribution in [-0.4, -0.2) is 11.7 Å². The fraction of sp³-hybridized carbons (Fsp3) is 0.308. The molecule has 2 N–H and O–H groups in total. The number of thiocarbonyl (C=S) groups is 1. The van der Waals surface area contributed by atoms with E-state index in [2.05, 4.69) is 49.3 Å². The Kier molecular flexibility index (Phi) is 4.99. The molecule has 0 amide bonds. The van der Waals surface area contributed by atoms with Crippen molar-refractivity contribution in [2.24, 2.45) is 0 Å². The molecule has 0 saturated heterocycles. The Bertz CT molecular complexity index is 386. The molecular weight excluding hydrogens is 216 g/mol. The average Bonchev–Trinajstić information content (AvgIpc) is 2.29.